The second-order valence-corrected chi connectivity index (χ2v) is 8.79. The number of carbonyl (C=O) groups excluding carboxylic acids is 1. The highest BCUT2D eigenvalue weighted by atomic mass is 32.1. The maximum absolute atomic E-state index is 13.4. The van der Waals surface area contributed by atoms with Gasteiger partial charge in [0.1, 0.15) is 5.01 Å². The molecule has 9 heteroatoms. The van der Waals surface area contributed by atoms with Gasteiger partial charge in [-0.2, -0.15) is 0 Å². The molecule has 0 radical (unpaired) electrons. The number of halogens is 2. The molecular weight excluding hydrogens is 434 g/mol. The van der Waals surface area contributed by atoms with Crippen molar-refractivity contribution in [3.05, 3.63) is 63.1 Å². The zero-order valence-corrected chi connectivity index (χ0v) is 19.3. The Morgan fingerprint density at radius 3 is 2.91 bits per heavy atom. The van der Waals surface area contributed by atoms with E-state index >= 15 is 0 Å². The summed E-state index contributed by atoms with van der Waals surface area (Å²) >= 11 is 1.47. The Kier molecular flexibility index (Phi) is 8.60. The van der Waals surface area contributed by atoms with E-state index < -0.39 is 11.6 Å². The van der Waals surface area contributed by atoms with Gasteiger partial charge < -0.3 is 10.1 Å². The highest BCUT2D eigenvalue weighted by Crippen LogP contribution is 2.15. The Morgan fingerprint density at radius 1 is 1.38 bits per heavy atom. The van der Waals surface area contributed by atoms with Crippen molar-refractivity contribution in [3.8, 4) is 0 Å². The summed E-state index contributed by atoms with van der Waals surface area (Å²) in [6.07, 6.45) is 1.99. The minimum Gasteiger partial charge on any atom is -0.374 e. The molecule has 0 unspecified atom stereocenters. The van der Waals surface area contributed by atoms with Crippen molar-refractivity contribution in [1.29, 1.82) is 0 Å². The molecule has 2 aromatic rings. The fourth-order valence-corrected chi connectivity index (χ4v) is 4.22. The number of amides is 1. The zero-order valence-electron chi connectivity index (χ0n) is 18.5. The van der Waals surface area contributed by atoms with Crippen LogP contribution in [0.3, 0.4) is 0 Å². The van der Waals surface area contributed by atoms with Gasteiger partial charge in [0.05, 0.1) is 30.5 Å². The lowest BCUT2D eigenvalue weighted by Crippen LogP contribution is -2.47. The summed E-state index contributed by atoms with van der Waals surface area (Å²) in [5.41, 5.74) is 3.34. The van der Waals surface area contributed by atoms with Gasteiger partial charge in [-0.1, -0.05) is 11.6 Å². The highest BCUT2D eigenvalue weighted by Gasteiger charge is 2.21. The number of nitrogens with one attached hydrogen (secondary N) is 1. The van der Waals surface area contributed by atoms with Crippen LogP contribution in [0.1, 0.15) is 30.1 Å². The lowest BCUT2D eigenvalue weighted by atomic mass is 10.1. The number of aromatic nitrogens is 1. The van der Waals surface area contributed by atoms with Crippen LogP contribution < -0.4 is 5.32 Å². The van der Waals surface area contributed by atoms with Crippen LogP contribution in [0.15, 0.2) is 40.2 Å². The predicted octanol–water partition coefficient (Wildman–Crippen LogP) is 3.37. The van der Waals surface area contributed by atoms with Crippen LogP contribution in [0.4, 0.5) is 8.78 Å². The first-order chi connectivity index (χ1) is 15.3. The first kappa shape index (κ1) is 24.2. The standard InChI is InChI=1S/C23H28F2N4O2S/c1-15(2)8-21(26-3)23-28-17(14-32-23)10-22(30)27-11-18-13-29(6-7-31-18)12-16-4-5-19(24)20(25)9-16/h4-5,8-9,14,18H,6-7,10-13H2,1-3H3,(H,27,30)/t18-/m0/s1. The molecule has 1 N–H and O–H groups in total. The summed E-state index contributed by atoms with van der Waals surface area (Å²) in [6, 6.07) is 3.94. The first-order valence-electron chi connectivity index (χ1n) is 10.4. The molecule has 1 fully saturated rings. The summed E-state index contributed by atoms with van der Waals surface area (Å²) < 4.78 is 32.3. The van der Waals surface area contributed by atoms with Crippen molar-refractivity contribution in [2.45, 2.75) is 32.9 Å². The molecule has 0 spiro atoms. The Morgan fingerprint density at radius 2 is 2.19 bits per heavy atom. The van der Waals surface area contributed by atoms with E-state index in [0.29, 0.717) is 44.0 Å². The normalized spacial score (nSPS) is 17.3. The molecule has 0 saturated carbocycles. The molecule has 32 heavy (non-hydrogen) atoms. The van der Waals surface area contributed by atoms with Crippen LogP contribution >= 0.6 is 11.3 Å². The Bertz CT molecular complexity index is 1000. The number of ether oxygens (including phenoxy) is 1. The molecule has 172 valence electrons. The number of benzene rings is 1. The summed E-state index contributed by atoms with van der Waals surface area (Å²) in [7, 11) is 1.72. The van der Waals surface area contributed by atoms with Crippen molar-refractivity contribution in [2.24, 2.45) is 4.99 Å². The Balaban J connectivity index is 1.47. The molecule has 0 aliphatic carbocycles. The van der Waals surface area contributed by atoms with Crippen LogP contribution in [0.25, 0.3) is 0 Å². The molecule has 1 aliphatic rings. The minimum absolute atomic E-state index is 0.125. The van der Waals surface area contributed by atoms with Gasteiger partial charge in [0.15, 0.2) is 11.6 Å². The number of carbonyl (C=O) groups is 1. The fourth-order valence-electron chi connectivity index (χ4n) is 3.40. The van der Waals surface area contributed by atoms with Crippen molar-refractivity contribution in [1.82, 2.24) is 15.2 Å². The fraction of sp³-hybridized carbons (Fsp3) is 0.435. The summed E-state index contributed by atoms with van der Waals surface area (Å²) in [5, 5.41) is 5.58. The lowest BCUT2D eigenvalue weighted by molar-refractivity contribution is -0.121. The largest absolute Gasteiger partial charge is 0.374 e. The van der Waals surface area contributed by atoms with Crippen LogP contribution in [-0.2, 0) is 22.5 Å². The van der Waals surface area contributed by atoms with E-state index in [0.717, 1.165) is 22.4 Å². The molecule has 1 saturated heterocycles. The third-order valence-electron chi connectivity index (χ3n) is 4.92. The Hall–Kier alpha value is -2.49. The molecule has 2 heterocycles. The van der Waals surface area contributed by atoms with Crippen molar-refractivity contribution >= 4 is 23.0 Å². The van der Waals surface area contributed by atoms with Gasteiger partial charge in [0, 0.05) is 38.6 Å². The van der Waals surface area contributed by atoms with Gasteiger partial charge in [-0.3, -0.25) is 14.7 Å². The maximum Gasteiger partial charge on any atom is 0.226 e. The van der Waals surface area contributed by atoms with E-state index in [4.69, 9.17) is 4.74 Å². The number of thiazole rings is 1. The molecule has 3 rings (SSSR count). The van der Waals surface area contributed by atoms with E-state index in [9.17, 15) is 13.6 Å². The minimum atomic E-state index is -0.848. The van der Waals surface area contributed by atoms with Crippen molar-refractivity contribution in [2.75, 3.05) is 33.3 Å². The number of nitrogens with zero attached hydrogens (tertiary/aromatic N) is 3. The van der Waals surface area contributed by atoms with Crippen molar-refractivity contribution < 1.29 is 18.3 Å². The zero-order chi connectivity index (χ0) is 23.1. The molecule has 1 aliphatic heterocycles. The summed E-state index contributed by atoms with van der Waals surface area (Å²) in [5.74, 6) is -1.82. The Labute approximate surface area is 191 Å². The van der Waals surface area contributed by atoms with Crippen LogP contribution in [-0.4, -0.2) is 60.9 Å². The molecular formula is C23H28F2N4O2S. The molecule has 1 atom stereocenters. The van der Waals surface area contributed by atoms with E-state index in [-0.39, 0.29) is 18.4 Å². The molecule has 1 amide bonds. The van der Waals surface area contributed by atoms with Gasteiger partial charge >= 0.3 is 0 Å². The number of rotatable bonds is 8. The van der Waals surface area contributed by atoms with E-state index in [2.05, 4.69) is 20.2 Å². The number of hydrogen-bond donors (Lipinski definition) is 1. The third-order valence-corrected chi connectivity index (χ3v) is 5.83. The molecule has 1 aromatic heterocycles. The highest BCUT2D eigenvalue weighted by molar-refractivity contribution is 7.12. The first-order valence-corrected chi connectivity index (χ1v) is 11.3. The van der Waals surface area contributed by atoms with Gasteiger partial charge in [0.25, 0.3) is 0 Å². The smallest absolute Gasteiger partial charge is 0.226 e. The predicted molar refractivity (Wildman–Crippen MR) is 122 cm³/mol. The van der Waals surface area contributed by atoms with Crippen LogP contribution in [0.5, 0.6) is 0 Å². The van der Waals surface area contributed by atoms with Gasteiger partial charge in [-0.05, 0) is 37.6 Å². The topological polar surface area (TPSA) is 66.8 Å². The number of morpholine rings is 1. The average Bonchev–Trinajstić information content (AvgIpc) is 3.21. The van der Waals surface area contributed by atoms with Crippen LogP contribution in [0, 0.1) is 11.6 Å². The van der Waals surface area contributed by atoms with Gasteiger partial charge in [-0.25, -0.2) is 13.8 Å². The quantitative estimate of drug-likeness (QED) is 0.611. The molecule has 6 nitrogen and oxygen atoms in total. The average molecular weight is 463 g/mol. The third kappa shape index (κ3) is 7.01. The van der Waals surface area contributed by atoms with Crippen LogP contribution in [0.2, 0.25) is 0 Å². The number of hydrogen-bond acceptors (Lipinski definition) is 6. The van der Waals surface area contributed by atoms with Gasteiger partial charge in [-0.15, -0.1) is 11.3 Å². The second-order valence-electron chi connectivity index (χ2n) is 7.93. The van der Waals surface area contributed by atoms with E-state index in [1.54, 1.807) is 13.1 Å². The maximum atomic E-state index is 13.4. The van der Waals surface area contributed by atoms with E-state index in [1.165, 1.54) is 17.4 Å². The monoisotopic (exact) mass is 462 g/mol. The SMILES string of the molecule is CN=C(C=C(C)C)c1nc(CC(=O)NC[C@H]2CN(Cc3ccc(F)c(F)c3)CCO2)cs1. The molecule has 0 bridgehead atoms. The molecule has 1 aromatic carbocycles. The van der Waals surface area contributed by atoms with E-state index in [1.807, 2.05) is 25.3 Å². The number of aliphatic imine (C=N–C) groups is 1. The van der Waals surface area contributed by atoms with Crippen molar-refractivity contribution in [3.63, 3.8) is 0 Å². The number of allylic oxidation sites excluding steroid dienone is 2. The lowest BCUT2D eigenvalue weighted by Gasteiger charge is -2.33. The van der Waals surface area contributed by atoms with Gasteiger partial charge in [0.2, 0.25) is 5.91 Å². The summed E-state index contributed by atoms with van der Waals surface area (Å²) in [4.78, 5) is 23.3. The second kappa shape index (κ2) is 11.4. The summed E-state index contributed by atoms with van der Waals surface area (Å²) in [6.45, 7) is 6.68.